The number of nitrogens with one attached hydrogen (secondary N) is 1. The van der Waals surface area contributed by atoms with Gasteiger partial charge in [-0.25, -0.2) is 4.99 Å². The minimum absolute atomic E-state index is 0.683. The molecule has 3 aromatic rings. The third-order valence-corrected chi connectivity index (χ3v) is 5.06. The lowest BCUT2D eigenvalue weighted by Crippen LogP contribution is -2.19. The van der Waals surface area contributed by atoms with E-state index >= 15 is 0 Å². The maximum atomic E-state index is 5.81. The topological polar surface area (TPSA) is 58.9 Å². The van der Waals surface area contributed by atoms with Crippen molar-refractivity contribution in [1.29, 1.82) is 0 Å². The van der Waals surface area contributed by atoms with Crippen LogP contribution in [0.25, 0.3) is 0 Å². The Morgan fingerprint density at radius 2 is 1.83 bits per heavy atom. The first-order valence-electron chi connectivity index (χ1n) is 10.5. The van der Waals surface area contributed by atoms with Gasteiger partial charge in [0.1, 0.15) is 5.75 Å². The fourth-order valence-electron chi connectivity index (χ4n) is 3.30. The molecule has 5 heteroatoms. The molecule has 0 unspecified atom stereocenters. The molecule has 0 saturated heterocycles. The number of pyridine rings is 1. The van der Waals surface area contributed by atoms with Crippen molar-refractivity contribution in [3.8, 4) is 5.75 Å². The molecule has 0 atom stereocenters. The van der Waals surface area contributed by atoms with E-state index in [0.29, 0.717) is 5.84 Å². The van der Waals surface area contributed by atoms with Gasteiger partial charge in [0.2, 0.25) is 0 Å². The number of amidine groups is 1. The number of aromatic nitrogens is 1. The van der Waals surface area contributed by atoms with E-state index in [0.717, 1.165) is 59.7 Å². The van der Waals surface area contributed by atoms with Crippen molar-refractivity contribution < 1.29 is 4.74 Å². The number of hydrazone groups is 1. The molecule has 4 rings (SSSR count). The molecule has 0 bridgehead atoms. The fourth-order valence-corrected chi connectivity index (χ4v) is 3.30. The van der Waals surface area contributed by atoms with Crippen LogP contribution in [0.4, 0.5) is 5.69 Å². The molecule has 0 amide bonds. The highest BCUT2D eigenvalue weighted by atomic mass is 16.5. The summed E-state index contributed by atoms with van der Waals surface area (Å²) in [5.74, 6) is 1.56. The number of nitrogens with zero attached hydrogens (tertiary/aromatic N) is 3. The summed E-state index contributed by atoms with van der Waals surface area (Å²) < 4.78 is 5.81. The van der Waals surface area contributed by atoms with Gasteiger partial charge in [0.25, 0.3) is 0 Å². The first-order chi connectivity index (χ1) is 14.8. The Labute approximate surface area is 177 Å². The number of aryl methyl sites for hydroxylation is 1. The molecule has 0 radical (unpaired) electrons. The second-order valence-corrected chi connectivity index (χ2v) is 7.21. The molecule has 1 aliphatic heterocycles. The molecule has 2 aromatic carbocycles. The van der Waals surface area contributed by atoms with Gasteiger partial charge in [-0.1, -0.05) is 26.3 Å². The van der Waals surface area contributed by atoms with Gasteiger partial charge >= 0.3 is 0 Å². The van der Waals surface area contributed by atoms with Crippen molar-refractivity contribution in [3.05, 3.63) is 89.2 Å². The van der Waals surface area contributed by atoms with E-state index in [2.05, 4.69) is 54.6 Å². The van der Waals surface area contributed by atoms with E-state index in [-0.39, 0.29) is 0 Å². The molecule has 0 saturated carbocycles. The van der Waals surface area contributed by atoms with E-state index < -0.39 is 0 Å². The SMILES string of the molecule is CCCCOc1ccc(C2=NNC(c3cccnc3)=Nc3ccc(CC)cc32)cc1. The smallest absolute Gasteiger partial charge is 0.155 e. The second kappa shape index (κ2) is 9.35. The fraction of sp³-hybridized carbons (Fsp3) is 0.240. The van der Waals surface area contributed by atoms with Gasteiger partial charge in [0.05, 0.1) is 18.0 Å². The van der Waals surface area contributed by atoms with Gasteiger partial charge in [-0.2, -0.15) is 5.10 Å². The number of ether oxygens (including phenoxy) is 1. The Balaban J connectivity index is 1.71. The Kier molecular flexibility index (Phi) is 6.18. The third-order valence-electron chi connectivity index (χ3n) is 5.06. The van der Waals surface area contributed by atoms with Crippen LogP contribution in [0.3, 0.4) is 0 Å². The Morgan fingerprint density at radius 1 is 0.967 bits per heavy atom. The van der Waals surface area contributed by atoms with Crippen LogP contribution in [-0.4, -0.2) is 23.1 Å². The molecule has 30 heavy (non-hydrogen) atoms. The van der Waals surface area contributed by atoms with Crippen LogP contribution < -0.4 is 10.2 Å². The molecule has 2 heterocycles. The largest absolute Gasteiger partial charge is 0.494 e. The predicted molar refractivity (Wildman–Crippen MR) is 122 cm³/mol. The Morgan fingerprint density at radius 3 is 2.57 bits per heavy atom. The van der Waals surface area contributed by atoms with Crippen molar-refractivity contribution >= 4 is 17.2 Å². The zero-order chi connectivity index (χ0) is 20.8. The molecule has 1 N–H and O–H groups in total. The van der Waals surface area contributed by atoms with Gasteiger partial charge in [0, 0.05) is 29.1 Å². The number of aliphatic imine (C=N–C) groups is 1. The Hall–Kier alpha value is -3.47. The third kappa shape index (κ3) is 4.40. The average molecular weight is 399 g/mol. The lowest BCUT2D eigenvalue weighted by Gasteiger charge is -2.11. The standard InChI is InChI=1S/C25H26N4O/c1-3-5-15-30-21-11-9-19(10-12-21)24-22-16-18(4-2)8-13-23(22)27-25(29-28-24)20-7-6-14-26-17-20/h6-14,16-17H,3-5,15H2,1-2H3,(H,27,29). The summed E-state index contributed by atoms with van der Waals surface area (Å²) in [6.45, 7) is 5.05. The number of fused-ring (bicyclic) bond motifs is 1. The first-order valence-corrected chi connectivity index (χ1v) is 10.5. The van der Waals surface area contributed by atoms with Gasteiger partial charge < -0.3 is 4.74 Å². The molecule has 0 aliphatic carbocycles. The summed E-state index contributed by atoms with van der Waals surface area (Å²) >= 11 is 0. The van der Waals surface area contributed by atoms with E-state index in [1.165, 1.54) is 5.56 Å². The normalized spacial score (nSPS) is 12.9. The summed E-state index contributed by atoms with van der Waals surface area (Å²) in [6, 6.07) is 18.4. The van der Waals surface area contributed by atoms with Gasteiger partial charge in [-0.15, -0.1) is 0 Å². The summed E-state index contributed by atoms with van der Waals surface area (Å²) in [7, 11) is 0. The minimum atomic E-state index is 0.683. The van der Waals surface area contributed by atoms with Crippen LogP contribution in [0.1, 0.15) is 48.9 Å². The van der Waals surface area contributed by atoms with Crippen LogP contribution in [0, 0.1) is 0 Å². The summed E-state index contributed by atoms with van der Waals surface area (Å²) in [4.78, 5) is 9.06. The molecule has 5 nitrogen and oxygen atoms in total. The highest BCUT2D eigenvalue weighted by Crippen LogP contribution is 2.28. The van der Waals surface area contributed by atoms with E-state index in [9.17, 15) is 0 Å². The van der Waals surface area contributed by atoms with Gasteiger partial charge in [-0.05, 0) is 66.9 Å². The highest BCUT2D eigenvalue weighted by molar-refractivity contribution is 6.18. The minimum Gasteiger partial charge on any atom is -0.494 e. The molecule has 0 spiro atoms. The maximum Gasteiger partial charge on any atom is 0.155 e. The van der Waals surface area contributed by atoms with Crippen LogP contribution in [-0.2, 0) is 6.42 Å². The highest BCUT2D eigenvalue weighted by Gasteiger charge is 2.18. The maximum absolute atomic E-state index is 5.81. The lowest BCUT2D eigenvalue weighted by atomic mass is 9.98. The van der Waals surface area contributed by atoms with Crippen molar-refractivity contribution in [2.45, 2.75) is 33.1 Å². The molecular formula is C25H26N4O. The zero-order valence-corrected chi connectivity index (χ0v) is 17.4. The van der Waals surface area contributed by atoms with Gasteiger partial charge in [-0.3, -0.25) is 10.4 Å². The molecule has 1 aromatic heterocycles. The summed E-state index contributed by atoms with van der Waals surface area (Å²) in [6.07, 6.45) is 6.67. The number of unbranched alkanes of at least 4 members (excludes halogenated alkanes) is 1. The van der Waals surface area contributed by atoms with Crippen LogP contribution in [0.15, 0.2) is 77.1 Å². The van der Waals surface area contributed by atoms with E-state index in [1.54, 1.807) is 12.4 Å². The molecular weight excluding hydrogens is 372 g/mol. The number of hydrogen-bond donors (Lipinski definition) is 1. The van der Waals surface area contributed by atoms with E-state index in [1.807, 2.05) is 24.3 Å². The number of benzene rings is 2. The predicted octanol–water partition coefficient (Wildman–Crippen LogP) is 5.26. The molecule has 1 aliphatic rings. The van der Waals surface area contributed by atoms with Crippen LogP contribution >= 0.6 is 0 Å². The average Bonchev–Trinajstić information content (AvgIpc) is 2.99. The number of hydrogen-bond acceptors (Lipinski definition) is 5. The molecule has 0 fully saturated rings. The first kappa shape index (κ1) is 19.8. The Bertz CT molecular complexity index is 1060. The van der Waals surface area contributed by atoms with Crippen molar-refractivity contribution in [1.82, 2.24) is 10.4 Å². The monoisotopic (exact) mass is 398 g/mol. The van der Waals surface area contributed by atoms with Crippen LogP contribution in [0.5, 0.6) is 5.75 Å². The summed E-state index contributed by atoms with van der Waals surface area (Å²) in [5.41, 5.74) is 9.08. The van der Waals surface area contributed by atoms with E-state index in [4.69, 9.17) is 14.8 Å². The summed E-state index contributed by atoms with van der Waals surface area (Å²) in [5, 5.41) is 4.74. The quantitative estimate of drug-likeness (QED) is 0.553. The van der Waals surface area contributed by atoms with Crippen LogP contribution in [0.2, 0.25) is 0 Å². The van der Waals surface area contributed by atoms with Crippen molar-refractivity contribution in [2.24, 2.45) is 10.1 Å². The zero-order valence-electron chi connectivity index (χ0n) is 17.4. The van der Waals surface area contributed by atoms with Gasteiger partial charge in [0.15, 0.2) is 5.84 Å². The lowest BCUT2D eigenvalue weighted by molar-refractivity contribution is 0.309. The molecule has 152 valence electrons. The second-order valence-electron chi connectivity index (χ2n) is 7.21. The van der Waals surface area contributed by atoms with Crippen molar-refractivity contribution in [2.75, 3.05) is 6.61 Å². The van der Waals surface area contributed by atoms with Crippen molar-refractivity contribution in [3.63, 3.8) is 0 Å². The number of rotatable bonds is 7.